The number of halogens is 1. The van der Waals surface area contributed by atoms with Crippen LogP contribution < -0.4 is 5.73 Å². The first-order valence-electron chi connectivity index (χ1n) is 6.82. The fourth-order valence-corrected chi connectivity index (χ4v) is 2.13. The van der Waals surface area contributed by atoms with Crippen LogP contribution in [-0.2, 0) is 13.1 Å². The number of rotatable bonds is 5. The lowest BCUT2D eigenvalue weighted by molar-refractivity contribution is 0.401. The van der Waals surface area contributed by atoms with Crippen LogP contribution in [0.2, 0.25) is 0 Å². The zero-order valence-corrected chi connectivity index (χ0v) is 14.9. The largest absolute Gasteiger partial charge is 0.370 e. The number of aliphatic imine (C=N–C) groups is 1. The lowest BCUT2D eigenvalue weighted by Gasteiger charge is -2.17. The van der Waals surface area contributed by atoms with E-state index in [1.807, 2.05) is 7.05 Å². The quantitative estimate of drug-likeness (QED) is 0.478. The average molecular weight is 388 g/mol. The number of nitrogens with two attached hydrogens (primary N) is 1. The van der Waals surface area contributed by atoms with Gasteiger partial charge in [-0.1, -0.05) is 24.3 Å². The van der Waals surface area contributed by atoms with Crippen molar-refractivity contribution in [3.8, 4) is 0 Å². The number of hydrogen-bond donors (Lipinski definition) is 1. The molecular weight excluding hydrogens is 363 g/mol. The van der Waals surface area contributed by atoms with E-state index in [1.54, 1.807) is 0 Å². The Hall–Kier alpha value is -0.820. The summed E-state index contributed by atoms with van der Waals surface area (Å²) in [6.07, 6.45) is 2.48. The van der Waals surface area contributed by atoms with E-state index in [0.717, 1.165) is 6.54 Å². The van der Waals surface area contributed by atoms with Gasteiger partial charge in [-0.25, -0.2) is 4.99 Å². The third-order valence-corrected chi connectivity index (χ3v) is 3.47. The molecule has 0 heterocycles. The molecule has 0 radical (unpaired) electrons. The van der Waals surface area contributed by atoms with Crippen molar-refractivity contribution in [2.24, 2.45) is 10.7 Å². The minimum atomic E-state index is 0. The summed E-state index contributed by atoms with van der Waals surface area (Å²) in [5.74, 6) is 0.655. The smallest absolute Gasteiger partial charge is 0.191 e. The lowest BCUT2D eigenvalue weighted by atomic mass is 10.1. The Bertz CT molecular complexity index is 455. The third-order valence-electron chi connectivity index (χ3n) is 3.47. The standard InChI is InChI=1S/C15H24N4.HI/c1-18(2)11-13-7-5-4-6-12(13)10-17-15(16)19(3)14-8-9-14;/h4-7,14H,8-11H2,1-3H3,(H2,16,17);1H. The number of guanidine groups is 1. The van der Waals surface area contributed by atoms with E-state index >= 15 is 0 Å². The van der Waals surface area contributed by atoms with Gasteiger partial charge < -0.3 is 15.5 Å². The van der Waals surface area contributed by atoms with Gasteiger partial charge in [0.25, 0.3) is 0 Å². The first-order valence-corrected chi connectivity index (χ1v) is 6.82. The Morgan fingerprint density at radius 3 is 2.35 bits per heavy atom. The molecule has 0 bridgehead atoms. The van der Waals surface area contributed by atoms with Gasteiger partial charge >= 0.3 is 0 Å². The number of benzene rings is 1. The lowest BCUT2D eigenvalue weighted by Crippen LogP contribution is -2.35. The van der Waals surface area contributed by atoms with Crippen molar-refractivity contribution in [3.63, 3.8) is 0 Å². The van der Waals surface area contributed by atoms with Crippen molar-refractivity contribution in [1.82, 2.24) is 9.80 Å². The van der Waals surface area contributed by atoms with Crippen LogP contribution in [0.5, 0.6) is 0 Å². The molecule has 1 aliphatic carbocycles. The molecule has 1 aromatic carbocycles. The molecule has 4 nitrogen and oxygen atoms in total. The van der Waals surface area contributed by atoms with Crippen molar-refractivity contribution < 1.29 is 0 Å². The van der Waals surface area contributed by atoms with Crippen LogP contribution in [0, 0.1) is 0 Å². The SMILES string of the molecule is CN(C)Cc1ccccc1CN=C(N)N(C)C1CC1.I. The molecule has 20 heavy (non-hydrogen) atoms. The van der Waals surface area contributed by atoms with Gasteiger partial charge in [0.05, 0.1) is 6.54 Å². The Balaban J connectivity index is 0.00000200. The fraction of sp³-hybridized carbons (Fsp3) is 0.533. The van der Waals surface area contributed by atoms with Gasteiger partial charge in [-0.2, -0.15) is 0 Å². The molecule has 0 aromatic heterocycles. The molecule has 0 aliphatic heterocycles. The number of hydrogen-bond acceptors (Lipinski definition) is 2. The predicted octanol–water partition coefficient (Wildman–Crippen LogP) is 2.28. The summed E-state index contributed by atoms with van der Waals surface area (Å²) in [5.41, 5.74) is 8.59. The second-order valence-electron chi connectivity index (χ2n) is 5.52. The molecule has 2 rings (SSSR count). The zero-order chi connectivity index (χ0) is 13.8. The summed E-state index contributed by atoms with van der Waals surface area (Å²) in [5, 5.41) is 0. The van der Waals surface area contributed by atoms with Gasteiger partial charge in [0.1, 0.15) is 0 Å². The summed E-state index contributed by atoms with van der Waals surface area (Å²) >= 11 is 0. The minimum Gasteiger partial charge on any atom is -0.370 e. The zero-order valence-electron chi connectivity index (χ0n) is 12.5. The van der Waals surface area contributed by atoms with Crippen LogP contribution in [0.25, 0.3) is 0 Å². The van der Waals surface area contributed by atoms with E-state index in [9.17, 15) is 0 Å². The minimum absolute atomic E-state index is 0. The summed E-state index contributed by atoms with van der Waals surface area (Å²) < 4.78 is 0. The molecular formula is C15H25IN4. The van der Waals surface area contributed by atoms with Crippen molar-refractivity contribution in [2.75, 3.05) is 21.1 Å². The van der Waals surface area contributed by atoms with Crippen molar-refractivity contribution >= 4 is 29.9 Å². The maximum absolute atomic E-state index is 6.02. The van der Waals surface area contributed by atoms with Gasteiger partial charge in [0, 0.05) is 19.6 Å². The van der Waals surface area contributed by atoms with Gasteiger partial charge in [0.15, 0.2) is 5.96 Å². The van der Waals surface area contributed by atoms with Crippen LogP contribution in [0.1, 0.15) is 24.0 Å². The van der Waals surface area contributed by atoms with Gasteiger partial charge in [-0.3, -0.25) is 0 Å². The molecule has 2 N–H and O–H groups in total. The highest BCUT2D eigenvalue weighted by atomic mass is 127. The molecule has 1 fully saturated rings. The van der Waals surface area contributed by atoms with Gasteiger partial charge in [-0.05, 0) is 38.1 Å². The normalized spacial score (nSPS) is 15.1. The summed E-state index contributed by atoms with van der Waals surface area (Å²) in [4.78, 5) is 8.79. The van der Waals surface area contributed by atoms with E-state index < -0.39 is 0 Å². The fourth-order valence-electron chi connectivity index (χ4n) is 2.13. The van der Waals surface area contributed by atoms with E-state index in [0.29, 0.717) is 18.5 Å². The van der Waals surface area contributed by atoms with Crippen molar-refractivity contribution in [3.05, 3.63) is 35.4 Å². The molecule has 0 amide bonds. The van der Waals surface area contributed by atoms with Gasteiger partial charge in [-0.15, -0.1) is 24.0 Å². The Labute approximate surface area is 139 Å². The van der Waals surface area contributed by atoms with Crippen LogP contribution in [0.15, 0.2) is 29.3 Å². The molecule has 1 aliphatic rings. The van der Waals surface area contributed by atoms with Crippen LogP contribution in [-0.4, -0.2) is 42.9 Å². The van der Waals surface area contributed by atoms with E-state index in [2.05, 4.69) is 53.2 Å². The van der Waals surface area contributed by atoms with Gasteiger partial charge in [0.2, 0.25) is 0 Å². The first-order chi connectivity index (χ1) is 9.08. The highest BCUT2D eigenvalue weighted by Gasteiger charge is 2.27. The Morgan fingerprint density at radius 1 is 1.20 bits per heavy atom. The maximum Gasteiger partial charge on any atom is 0.191 e. The molecule has 112 valence electrons. The van der Waals surface area contributed by atoms with Crippen LogP contribution >= 0.6 is 24.0 Å². The number of nitrogens with zero attached hydrogens (tertiary/aromatic N) is 3. The highest BCUT2D eigenvalue weighted by molar-refractivity contribution is 14.0. The van der Waals surface area contributed by atoms with E-state index in [4.69, 9.17) is 5.73 Å². The first kappa shape index (κ1) is 17.2. The molecule has 0 spiro atoms. The maximum atomic E-state index is 6.02. The second-order valence-corrected chi connectivity index (χ2v) is 5.52. The molecule has 1 aromatic rings. The summed E-state index contributed by atoms with van der Waals surface area (Å²) in [6, 6.07) is 9.04. The highest BCUT2D eigenvalue weighted by Crippen LogP contribution is 2.25. The molecule has 0 unspecified atom stereocenters. The molecule has 0 atom stereocenters. The van der Waals surface area contributed by atoms with E-state index in [1.165, 1.54) is 24.0 Å². The van der Waals surface area contributed by atoms with Crippen molar-refractivity contribution in [2.45, 2.75) is 32.0 Å². The van der Waals surface area contributed by atoms with Crippen LogP contribution in [0.3, 0.4) is 0 Å². The third kappa shape index (κ3) is 4.94. The predicted molar refractivity (Wildman–Crippen MR) is 95.4 cm³/mol. The van der Waals surface area contributed by atoms with E-state index in [-0.39, 0.29) is 24.0 Å². The topological polar surface area (TPSA) is 44.9 Å². The summed E-state index contributed by atoms with van der Waals surface area (Å²) in [6.45, 7) is 1.59. The molecule has 1 saturated carbocycles. The molecule has 0 saturated heterocycles. The summed E-state index contributed by atoms with van der Waals surface area (Å²) in [7, 11) is 6.19. The Kier molecular flexibility index (Phi) is 6.75. The second kappa shape index (κ2) is 7.83. The Morgan fingerprint density at radius 2 is 1.80 bits per heavy atom. The average Bonchev–Trinajstić information content (AvgIpc) is 3.20. The van der Waals surface area contributed by atoms with Crippen molar-refractivity contribution in [1.29, 1.82) is 0 Å². The monoisotopic (exact) mass is 388 g/mol. The van der Waals surface area contributed by atoms with Crippen LogP contribution in [0.4, 0.5) is 0 Å². The molecule has 5 heteroatoms.